The van der Waals surface area contributed by atoms with Gasteiger partial charge < -0.3 is 5.32 Å². The molecule has 14 heavy (non-hydrogen) atoms. The van der Waals surface area contributed by atoms with Crippen molar-refractivity contribution in [3.8, 4) is 0 Å². The molecule has 1 N–H and O–H groups in total. The lowest BCUT2D eigenvalue weighted by molar-refractivity contribution is -0.124. The molecule has 0 radical (unpaired) electrons. The maximum absolute atomic E-state index is 11.4. The van der Waals surface area contributed by atoms with Crippen molar-refractivity contribution in [2.24, 2.45) is 11.8 Å². The summed E-state index contributed by atoms with van der Waals surface area (Å²) in [6.07, 6.45) is 8.84. The minimum atomic E-state index is 0.127. The van der Waals surface area contributed by atoms with Crippen LogP contribution >= 0.6 is 0 Å². The van der Waals surface area contributed by atoms with Crippen LogP contribution in [0.25, 0.3) is 0 Å². The first kappa shape index (κ1) is 11.3. The summed E-state index contributed by atoms with van der Waals surface area (Å²) in [5.74, 6) is 1.03. The Kier molecular flexibility index (Phi) is 4.71. The molecule has 2 atom stereocenters. The fraction of sp³-hybridized carbons (Fsp3) is 0.750. The lowest BCUT2D eigenvalue weighted by Crippen LogP contribution is -2.30. The number of allylic oxidation sites excluding steroid dienone is 2. The summed E-state index contributed by atoms with van der Waals surface area (Å²) in [5.41, 5.74) is 0. The van der Waals surface area contributed by atoms with Gasteiger partial charge in [0.15, 0.2) is 0 Å². The lowest BCUT2D eigenvalue weighted by Gasteiger charge is -2.15. The summed E-state index contributed by atoms with van der Waals surface area (Å²) >= 11 is 0. The molecule has 2 heteroatoms. The molecule has 1 heterocycles. The Bertz CT molecular complexity index is 210. The van der Waals surface area contributed by atoms with Crippen molar-refractivity contribution in [1.29, 1.82) is 0 Å². The molecule has 0 saturated carbocycles. The zero-order valence-electron chi connectivity index (χ0n) is 9.25. The summed E-state index contributed by atoms with van der Waals surface area (Å²) in [4.78, 5) is 11.4. The van der Waals surface area contributed by atoms with E-state index in [9.17, 15) is 4.79 Å². The molecule has 0 spiro atoms. The highest BCUT2D eigenvalue weighted by molar-refractivity contribution is 5.78. The number of carbonyl (C=O) groups is 1. The predicted molar refractivity (Wildman–Crippen MR) is 58.9 cm³/mol. The first-order valence-electron chi connectivity index (χ1n) is 5.68. The summed E-state index contributed by atoms with van der Waals surface area (Å²) in [6.45, 7) is 5.05. The average molecular weight is 195 g/mol. The van der Waals surface area contributed by atoms with Crippen LogP contribution in [0.5, 0.6) is 0 Å². The number of amides is 1. The van der Waals surface area contributed by atoms with Gasteiger partial charge in [0, 0.05) is 12.5 Å². The topological polar surface area (TPSA) is 29.1 Å². The Labute approximate surface area is 86.8 Å². The molecule has 1 aliphatic rings. The molecule has 1 amide bonds. The number of hydrogen-bond acceptors (Lipinski definition) is 1. The number of rotatable bonds is 1. The first-order chi connectivity index (χ1) is 6.74. The fourth-order valence-corrected chi connectivity index (χ4v) is 1.77. The van der Waals surface area contributed by atoms with Gasteiger partial charge in [0.05, 0.1) is 0 Å². The molecule has 0 aromatic rings. The summed E-state index contributed by atoms with van der Waals surface area (Å²) < 4.78 is 0. The Morgan fingerprint density at radius 2 is 2.36 bits per heavy atom. The lowest BCUT2D eigenvalue weighted by atomic mass is 9.96. The van der Waals surface area contributed by atoms with Crippen LogP contribution in [0.2, 0.25) is 0 Å². The van der Waals surface area contributed by atoms with E-state index in [1.807, 2.05) is 6.92 Å². The van der Waals surface area contributed by atoms with Crippen LogP contribution in [0, 0.1) is 11.8 Å². The molecular weight excluding hydrogens is 174 g/mol. The van der Waals surface area contributed by atoms with E-state index in [4.69, 9.17) is 0 Å². The Hall–Kier alpha value is -0.790. The molecule has 1 aliphatic heterocycles. The van der Waals surface area contributed by atoms with Gasteiger partial charge in [-0.1, -0.05) is 26.0 Å². The molecule has 0 aromatic carbocycles. The number of hydrogen-bond donors (Lipinski definition) is 1. The molecule has 80 valence electrons. The van der Waals surface area contributed by atoms with Crippen molar-refractivity contribution < 1.29 is 4.79 Å². The second kappa shape index (κ2) is 5.84. The van der Waals surface area contributed by atoms with E-state index in [2.05, 4.69) is 24.4 Å². The van der Waals surface area contributed by atoms with Crippen LogP contribution in [-0.2, 0) is 4.79 Å². The van der Waals surface area contributed by atoms with Gasteiger partial charge in [-0.15, -0.1) is 0 Å². The smallest absolute Gasteiger partial charge is 0.223 e. The molecule has 0 aromatic heterocycles. The van der Waals surface area contributed by atoms with Gasteiger partial charge in [-0.05, 0) is 31.6 Å². The SMILES string of the molecule is CC[C@H]1/C=C\C[C@@H](C)C(=O)NCCC1. The number of nitrogens with one attached hydrogen (secondary N) is 1. The van der Waals surface area contributed by atoms with Crippen molar-refractivity contribution in [2.75, 3.05) is 6.54 Å². The maximum atomic E-state index is 11.4. The minimum Gasteiger partial charge on any atom is -0.356 e. The summed E-state index contributed by atoms with van der Waals surface area (Å²) in [6, 6.07) is 0. The summed E-state index contributed by atoms with van der Waals surface area (Å²) in [5, 5.41) is 2.97. The van der Waals surface area contributed by atoms with Crippen molar-refractivity contribution >= 4 is 5.91 Å². The van der Waals surface area contributed by atoms with Crippen molar-refractivity contribution in [3.63, 3.8) is 0 Å². The van der Waals surface area contributed by atoms with Crippen LogP contribution in [0.3, 0.4) is 0 Å². The third kappa shape index (κ3) is 3.52. The van der Waals surface area contributed by atoms with Crippen LogP contribution in [0.1, 0.15) is 39.5 Å². The largest absolute Gasteiger partial charge is 0.356 e. The van der Waals surface area contributed by atoms with Crippen LogP contribution in [-0.4, -0.2) is 12.5 Å². The van der Waals surface area contributed by atoms with E-state index >= 15 is 0 Å². The minimum absolute atomic E-state index is 0.127. The molecule has 0 fully saturated rings. The monoisotopic (exact) mass is 195 g/mol. The van der Waals surface area contributed by atoms with Gasteiger partial charge in [0.2, 0.25) is 5.91 Å². The van der Waals surface area contributed by atoms with Crippen LogP contribution in [0.4, 0.5) is 0 Å². The summed E-state index contributed by atoms with van der Waals surface area (Å²) in [7, 11) is 0. The van der Waals surface area contributed by atoms with Crippen molar-refractivity contribution in [2.45, 2.75) is 39.5 Å². The standard InChI is InChI=1S/C12H21NO/c1-3-11-7-4-6-10(2)12(14)13-9-5-8-11/h4,7,10-11H,3,5-6,8-9H2,1-2H3,(H,13,14)/b7-4-/t10-,11+/m1/s1. The fourth-order valence-electron chi connectivity index (χ4n) is 1.77. The highest BCUT2D eigenvalue weighted by Gasteiger charge is 2.12. The Balaban J connectivity index is 2.53. The predicted octanol–water partition coefficient (Wildman–Crippen LogP) is 2.51. The molecular formula is C12H21NO. The molecule has 0 unspecified atom stereocenters. The van der Waals surface area contributed by atoms with Crippen molar-refractivity contribution in [1.82, 2.24) is 5.32 Å². The molecule has 0 aliphatic carbocycles. The van der Waals surface area contributed by atoms with E-state index in [0.717, 1.165) is 19.4 Å². The van der Waals surface area contributed by atoms with Gasteiger partial charge in [0.1, 0.15) is 0 Å². The van der Waals surface area contributed by atoms with Gasteiger partial charge in [0.25, 0.3) is 0 Å². The zero-order chi connectivity index (χ0) is 10.4. The number of carbonyl (C=O) groups excluding carboxylic acids is 1. The normalized spacial score (nSPS) is 32.0. The van der Waals surface area contributed by atoms with Crippen molar-refractivity contribution in [3.05, 3.63) is 12.2 Å². The van der Waals surface area contributed by atoms with E-state index in [1.54, 1.807) is 0 Å². The third-order valence-corrected chi connectivity index (χ3v) is 2.92. The molecule has 2 nitrogen and oxygen atoms in total. The zero-order valence-corrected chi connectivity index (χ0v) is 9.25. The highest BCUT2D eigenvalue weighted by Crippen LogP contribution is 2.15. The van der Waals surface area contributed by atoms with E-state index in [0.29, 0.717) is 5.92 Å². The second-order valence-corrected chi connectivity index (χ2v) is 4.17. The van der Waals surface area contributed by atoms with Gasteiger partial charge in [-0.2, -0.15) is 0 Å². The van der Waals surface area contributed by atoms with E-state index in [1.165, 1.54) is 12.8 Å². The van der Waals surface area contributed by atoms with E-state index in [-0.39, 0.29) is 11.8 Å². The molecule has 0 bridgehead atoms. The van der Waals surface area contributed by atoms with Gasteiger partial charge in [-0.25, -0.2) is 0 Å². The Morgan fingerprint density at radius 1 is 1.57 bits per heavy atom. The second-order valence-electron chi connectivity index (χ2n) is 4.17. The van der Waals surface area contributed by atoms with Crippen LogP contribution in [0.15, 0.2) is 12.2 Å². The van der Waals surface area contributed by atoms with Crippen LogP contribution < -0.4 is 5.32 Å². The molecule has 1 rings (SSSR count). The highest BCUT2D eigenvalue weighted by atomic mass is 16.1. The maximum Gasteiger partial charge on any atom is 0.223 e. The van der Waals surface area contributed by atoms with E-state index < -0.39 is 0 Å². The molecule has 0 saturated heterocycles. The Morgan fingerprint density at radius 3 is 3.07 bits per heavy atom. The first-order valence-corrected chi connectivity index (χ1v) is 5.68. The third-order valence-electron chi connectivity index (χ3n) is 2.92. The van der Waals surface area contributed by atoms with Gasteiger partial charge in [-0.3, -0.25) is 4.79 Å². The van der Waals surface area contributed by atoms with Gasteiger partial charge >= 0.3 is 0 Å². The average Bonchev–Trinajstić information content (AvgIpc) is 2.20. The quantitative estimate of drug-likeness (QED) is 0.640.